The number of likely N-dealkylation sites (tertiary alicyclic amines) is 1. The van der Waals surface area contributed by atoms with Gasteiger partial charge in [0.05, 0.1) is 30.7 Å². The zero-order valence-corrected chi connectivity index (χ0v) is 19.9. The van der Waals surface area contributed by atoms with E-state index in [0.29, 0.717) is 68.4 Å². The van der Waals surface area contributed by atoms with Gasteiger partial charge in [-0.1, -0.05) is 0 Å². The molecule has 3 aromatic rings. The molecule has 5 rings (SSSR count). The van der Waals surface area contributed by atoms with Crippen molar-refractivity contribution in [2.75, 3.05) is 49.6 Å². The van der Waals surface area contributed by atoms with Crippen LogP contribution in [0.25, 0.3) is 11.0 Å². The van der Waals surface area contributed by atoms with Crippen LogP contribution in [0.4, 0.5) is 20.4 Å². The molecule has 2 aliphatic rings. The second kappa shape index (κ2) is 10.1. The quantitative estimate of drug-likeness (QED) is 0.474. The minimum Gasteiger partial charge on any atom is -0.440 e. The molecule has 0 bridgehead atoms. The lowest BCUT2D eigenvalue weighted by Gasteiger charge is -2.28. The molecular formula is C26H29F2N3O5. The zero-order valence-electron chi connectivity index (χ0n) is 19.9. The van der Waals surface area contributed by atoms with E-state index in [9.17, 15) is 23.8 Å². The highest BCUT2D eigenvalue weighted by molar-refractivity contribution is 5.83. The third-order valence-electron chi connectivity index (χ3n) is 6.74. The van der Waals surface area contributed by atoms with Gasteiger partial charge in [0, 0.05) is 49.6 Å². The summed E-state index contributed by atoms with van der Waals surface area (Å²) in [5.41, 5.74) is 1.32. The van der Waals surface area contributed by atoms with Crippen molar-refractivity contribution in [1.29, 1.82) is 0 Å². The van der Waals surface area contributed by atoms with Crippen LogP contribution in [0, 0.1) is 11.6 Å². The summed E-state index contributed by atoms with van der Waals surface area (Å²) >= 11 is 0. The van der Waals surface area contributed by atoms with Crippen molar-refractivity contribution >= 4 is 22.5 Å². The van der Waals surface area contributed by atoms with Crippen molar-refractivity contribution in [2.45, 2.75) is 31.7 Å². The summed E-state index contributed by atoms with van der Waals surface area (Å²) in [7, 11) is 0. The van der Waals surface area contributed by atoms with Crippen molar-refractivity contribution in [1.82, 2.24) is 4.90 Å². The van der Waals surface area contributed by atoms with Gasteiger partial charge in [-0.05, 0) is 43.2 Å². The number of fused-ring (bicyclic) bond motifs is 1. The van der Waals surface area contributed by atoms with Gasteiger partial charge in [0.1, 0.15) is 23.4 Å². The maximum atomic E-state index is 13.8. The molecule has 2 aliphatic heterocycles. The van der Waals surface area contributed by atoms with Gasteiger partial charge in [-0.2, -0.15) is 0 Å². The third kappa shape index (κ3) is 5.08. The highest BCUT2D eigenvalue weighted by Crippen LogP contribution is 2.33. The molecule has 0 amide bonds. The van der Waals surface area contributed by atoms with Crippen LogP contribution in [0.1, 0.15) is 36.7 Å². The van der Waals surface area contributed by atoms with Gasteiger partial charge < -0.3 is 29.6 Å². The largest absolute Gasteiger partial charge is 0.440 e. The number of morpholine rings is 1. The zero-order chi connectivity index (χ0) is 25.4. The van der Waals surface area contributed by atoms with Crippen molar-refractivity contribution in [3.05, 3.63) is 69.4 Å². The molecule has 0 spiro atoms. The minimum absolute atomic E-state index is 0.230. The van der Waals surface area contributed by atoms with Crippen LogP contribution in [0.15, 0.2) is 45.6 Å². The van der Waals surface area contributed by atoms with Crippen molar-refractivity contribution in [3.8, 4) is 0 Å². The Balaban J connectivity index is 1.59. The van der Waals surface area contributed by atoms with Crippen LogP contribution in [-0.2, 0) is 4.74 Å². The number of anilines is 2. The number of halogens is 2. The number of ether oxygens (including phenoxy) is 1. The smallest absolute Gasteiger partial charge is 0.200 e. The molecule has 3 atom stereocenters. The lowest BCUT2D eigenvalue weighted by Crippen LogP contribution is -2.36. The number of aliphatic hydroxyl groups is 2. The van der Waals surface area contributed by atoms with Crippen LogP contribution in [-0.4, -0.2) is 60.6 Å². The summed E-state index contributed by atoms with van der Waals surface area (Å²) in [6.07, 6.45) is -1.02. The third-order valence-corrected chi connectivity index (χ3v) is 6.74. The fraction of sp³-hybridized carbons (Fsp3) is 0.423. The summed E-state index contributed by atoms with van der Waals surface area (Å²) in [6.45, 7) is 4.80. The molecule has 0 aliphatic carbocycles. The lowest BCUT2D eigenvalue weighted by atomic mass is 9.99. The van der Waals surface area contributed by atoms with E-state index in [4.69, 9.17) is 9.15 Å². The monoisotopic (exact) mass is 501 g/mol. The summed E-state index contributed by atoms with van der Waals surface area (Å²) in [5.74, 6) is -1.02. The molecule has 10 heteroatoms. The first-order chi connectivity index (χ1) is 17.3. The van der Waals surface area contributed by atoms with E-state index in [1.165, 1.54) is 18.2 Å². The summed E-state index contributed by atoms with van der Waals surface area (Å²) < 4.78 is 39.3. The average Bonchev–Trinajstić information content (AvgIpc) is 3.29. The SMILES string of the molecule is CC(Nc1cc(F)cc(F)c1)c1cc(C(O)N2CC[C@H](O)C2)cc2c(=O)cc(N3CCOCC3)oc12. The minimum atomic E-state index is -1.04. The van der Waals surface area contributed by atoms with Gasteiger partial charge in [0.15, 0.2) is 11.3 Å². The second-order valence-corrected chi connectivity index (χ2v) is 9.37. The maximum absolute atomic E-state index is 13.8. The molecule has 192 valence electrons. The normalized spacial score (nSPS) is 20.6. The number of hydrogen-bond donors (Lipinski definition) is 3. The topological polar surface area (TPSA) is 98.4 Å². The highest BCUT2D eigenvalue weighted by Gasteiger charge is 2.28. The second-order valence-electron chi connectivity index (χ2n) is 9.37. The van der Waals surface area contributed by atoms with E-state index < -0.39 is 30.0 Å². The van der Waals surface area contributed by atoms with Crippen molar-refractivity contribution in [3.63, 3.8) is 0 Å². The van der Waals surface area contributed by atoms with E-state index in [0.717, 1.165) is 6.07 Å². The molecule has 0 radical (unpaired) electrons. The Morgan fingerprint density at radius 1 is 1.06 bits per heavy atom. The number of hydrogen-bond acceptors (Lipinski definition) is 8. The Kier molecular flexibility index (Phi) is 6.94. The van der Waals surface area contributed by atoms with Gasteiger partial charge in [-0.25, -0.2) is 8.78 Å². The van der Waals surface area contributed by atoms with Gasteiger partial charge >= 0.3 is 0 Å². The van der Waals surface area contributed by atoms with Crippen LogP contribution in [0.2, 0.25) is 0 Å². The molecule has 1 aromatic heterocycles. The first kappa shape index (κ1) is 24.6. The molecule has 2 unspecified atom stereocenters. The Labute approximate surface area is 206 Å². The number of rotatable bonds is 6. The summed E-state index contributed by atoms with van der Waals surface area (Å²) in [6, 6.07) is 7.40. The molecule has 2 saturated heterocycles. The van der Waals surface area contributed by atoms with Gasteiger partial charge in [0.25, 0.3) is 0 Å². The molecule has 8 nitrogen and oxygen atoms in total. The predicted molar refractivity (Wildman–Crippen MR) is 131 cm³/mol. The van der Waals surface area contributed by atoms with Crippen molar-refractivity contribution in [2.24, 2.45) is 0 Å². The van der Waals surface area contributed by atoms with Gasteiger partial charge in [-0.3, -0.25) is 9.69 Å². The van der Waals surface area contributed by atoms with E-state index in [-0.39, 0.29) is 16.5 Å². The summed E-state index contributed by atoms with van der Waals surface area (Å²) in [4.78, 5) is 16.9. The first-order valence-electron chi connectivity index (χ1n) is 12.1. The number of aliphatic hydroxyl groups excluding tert-OH is 2. The van der Waals surface area contributed by atoms with Crippen molar-refractivity contribution < 1.29 is 28.1 Å². The van der Waals surface area contributed by atoms with E-state index in [1.807, 2.05) is 4.90 Å². The fourth-order valence-corrected chi connectivity index (χ4v) is 4.87. The first-order valence-corrected chi connectivity index (χ1v) is 12.1. The van der Waals surface area contributed by atoms with Crippen LogP contribution < -0.4 is 15.6 Å². The number of β-amino-alcohol motifs (C(OH)–C–C–N with tert-alkyl or cyclic N) is 1. The van der Waals surface area contributed by atoms with E-state index >= 15 is 0 Å². The van der Waals surface area contributed by atoms with Crippen LogP contribution >= 0.6 is 0 Å². The standard InChI is InChI=1S/C26H29F2N3O5/c1-15(29-19-11-17(27)10-18(28)12-19)21-8-16(26(34)31-3-2-20(32)14-31)9-22-23(33)13-24(36-25(21)22)30-4-6-35-7-5-30/h8-13,15,20,26,29,32,34H,2-7,14H2,1H3/t15?,20-,26?/m0/s1. The van der Waals surface area contributed by atoms with Gasteiger partial charge in [-0.15, -0.1) is 0 Å². The molecule has 2 aromatic carbocycles. The number of benzene rings is 2. The number of nitrogens with one attached hydrogen (secondary N) is 1. The molecule has 3 heterocycles. The molecule has 2 fully saturated rings. The van der Waals surface area contributed by atoms with E-state index in [2.05, 4.69) is 5.32 Å². The predicted octanol–water partition coefficient (Wildman–Crippen LogP) is 3.14. The highest BCUT2D eigenvalue weighted by atomic mass is 19.1. The van der Waals surface area contributed by atoms with Gasteiger partial charge in [0.2, 0.25) is 0 Å². The maximum Gasteiger partial charge on any atom is 0.200 e. The Bertz CT molecular complexity index is 1290. The Hall–Kier alpha value is -3.05. The number of nitrogens with zero attached hydrogens (tertiary/aromatic N) is 2. The Morgan fingerprint density at radius 2 is 1.78 bits per heavy atom. The molecular weight excluding hydrogens is 472 g/mol. The van der Waals surface area contributed by atoms with Crippen LogP contribution in [0.3, 0.4) is 0 Å². The molecule has 0 saturated carbocycles. The molecule has 3 N–H and O–H groups in total. The lowest BCUT2D eigenvalue weighted by molar-refractivity contribution is 0.0103. The Morgan fingerprint density at radius 3 is 2.44 bits per heavy atom. The average molecular weight is 502 g/mol. The van der Waals surface area contributed by atoms with Crippen LogP contribution in [0.5, 0.6) is 0 Å². The summed E-state index contributed by atoms with van der Waals surface area (Å²) in [5, 5.41) is 24.3. The molecule has 36 heavy (non-hydrogen) atoms. The van der Waals surface area contributed by atoms with E-state index in [1.54, 1.807) is 24.0 Å². The fourth-order valence-electron chi connectivity index (χ4n) is 4.87.